The van der Waals surface area contributed by atoms with Crippen LogP contribution in [0.2, 0.25) is 0 Å². The van der Waals surface area contributed by atoms with Gasteiger partial charge in [0.1, 0.15) is 11.9 Å². The number of aryl methyl sites for hydroxylation is 3. The number of rotatable bonds is 2. The summed E-state index contributed by atoms with van der Waals surface area (Å²) >= 11 is 0. The lowest BCUT2D eigenvalue weighted by atomic mass is 9.95. The lowest BCUT2D eigenvalue weighted by molar-refractivity contribution is 0.668. The molecule has 1 N–H and O–H groups in total. The number of nitriles is 1. The smallest absolute Gasteiger partial charge is 0.148 e. The van der Waals surface area contributed by atoms with Gasteiger partial charge in [0.05, 0.1) is 17.4 Å². The van der Waals surface area contributed by atoms with E-state index in [1.807, 2.05) is 19.1 Å². The Labute approximate surface area is 118 Å². The molecule has 3 rings (SSSR count). The first-order chi connectivity index (χ1) is 9.78. The summed E-state index contributed by atoms with van der Waals surface area (Å²) in [6.45, 7) is 2.01. The lowest BCUT2D eigenvalue weighted by Gasteiger charge is -2.17. The van der Waals surface area contributed by atoms with Crippen molar-refractivity contribution in [1.82, 2.24) is 9.97 Å². The number of nitrogens with zero attached hydrogens (tertiary/aromatic N) is 3. The molecule has 2 aromatic rings. The van der Waals surface area contributed by atoms with Crippen molar-refractivity contribution in [2.45, 2.75) is 32.6 Å². The maximum atomic E-state index is 9.32. The molecule has 0 spiro atoms. The molecule has 2 heterocycles. The molecule has 0 fully saturated rings. The lowest BCUT2D eigenvalue weighted by Crippen LogP contribution is -2.09. The van der Waals surface area contributed by atoms with Gasteiger partial charge in [0.2, 0.25) is 0 Å². The van der Waals surface area contributed by atoms with Crippen molar-refractivity contribution in [3.05, 3.63) is 46.9 Å². The molecule has 0 aliphatic heterocycles. The van der Waals surface area contributed by atoms with Gasteiger partial charge in [0, 0.05) is 11.9 Å². The second-order valence-corrected chi connectivity index (χ2v) is 5.12. The van der Waals surface area contributed by atoms with E-state index < -0.39 is 0 Å². The van der Waals surface area contributed by atoms with Crippen molar-refractivity contribution < 1.29 is 0 Å². The number of hydrogen-bond acceptors (Lipinski definition) is 4. The van der Waals surface area contributed by atoms with E-state index in [0.717, 1.165) is 29.8 Å². The van der Waals surface area contributed by atoms with Crippen LogP contribution in [0, 0.1) is 18.3 Å². The summed E-state index contributed by atoms with van der Waals surface area (Å²) < 4.78 is 0. The highest BCUT2D eigenvalue weighted by Crippen LogP contribution is 2.26. The van der Waals surface area contributed by atoms with Gasteiger partial charge in [0.25, 0.3) is 0 Å². The van der Waals surface area contributed by atoms with Gasteiger partial charge in [-0.25, -0.2) is 4.98 Å². The quantitative estimate of drug-likeness (QED) is 0.904. The average molecular weight is 264 g/mol. The molecule has 0 atom stereocenters. The van der Waals surface area contributed by atoms with E-state index in [4.69, 9.17) is 0 Å². The second kappa shape index (κ2) is 5.30. The van der Waals surface area contributed by atoms with E-state index >= 15 is 0 Å². The number of pyridine rings is 2. The topological polar surface area (TPSA) is 61.6 Å². The van der Waals surface area contributed by atoms with Crippen LogP contribution in [0.15, 0.2) is 24.5 Å². The summed E-state index contributed by atoms with van der Waals surface area (Å²) in [5.74, 6) is 0.643. The molecular weight excluding hydrogens is 248 g/mol. The van der Waals surface area contributed by atoms with E-state index in [2.05, 4.69) is 21.4 Å². The summed E-state index contributed by atoms with van der Waals surface area (Å²) in [5.41, 5.74) is 4.94. The Hall–Kier alpha value is -2.41. The van der Waals surface area contributed by atoms with Crippen LogP contribution in [0.5, 0.6) is 0 Å². The molecule has 1 aliphatic rings. The predicted molar refractivity (Wildman–Crippen MR) is 77.9 cm³/mol. The third kappa shape index (κ3) is 2.35. The summed E-state index contributed by atoms with van der Waals surface area (Å²) in [4.78, 5) is 8.77. The molecule has 0 aromatic carbocycles. The van der Waals surface area contributed by atoms with E-state index in [9.17, 15) is 5.26 Å². The van der Waals surface area contributed by atoms with Gasteiger partial charge in [-0.05, 0) is 55.9 Å². The number of fused-ring (bicyclic) bond motifs is 1. The number of hydrogen-bond donors (Lipinski definition) is 1. The van der Waals surface area contributed by atoms with Crippen LogP contribution in [-0.2, 0) is 12.8 Å². The first-order valence-corrected chi connectivity index (χ1v) is 6.88. The van der Waals surface area contributed by atoms with E-state index in [1.165, 1.54) is 18.4 Å². The molecule has 4 nitrogen and oxygen atoms in total. The summed E-state index contributed by atoms with van der Waals surface area (Å²) in [5, 5.41) is 12.6. The molecule has 0 saturated carbocycles. The zero-order valence-electron chi connectivity index (χ0n) is 11.5. The Morgan fingerprint density at radius 1 is 1.30 bits per heavy atom. The van der Waals surface area contributed by atoms with Gasteiger partial charge in [-0.1, -0.05) is 0 Å². The second-order valence-electron chi connectivity index (χ2n) is 5.12. The van der Waals surface area contributed by atoms with Crippen LogP contribution in [-0.4, -0.2) is 9.97 Å². The van der Waals surface area contributed by atoms with Crippen molar-refractivity contribution in [2.75, 3.05) is 5.32 Å². The fraction of sp³-hybridized carbons (Fsp3) is 0.312. The van der Waals surface area contributed by atoms with Crippen LogP contribution in [0.3, 0.4) is 0 Å². The van der Waals surface area contributed by atoms with Crippen molar-refractivity contribution in [1.29, 1.82) is 5.26 Å². The zero-order chi connectivity index (χ0) is 13.9. The maximum absolute atomic E-state index is 9.32. The van der Waals surface area contributed by atoms with Crippen molar-refractivity contribution in [3.63, 3.8) is 0 Å². The SMILES string of the molecule is Cc1ccncc1Nc1nc2c(cc1C#N)CCCC2. The minimum absolute atomic E-state index is 0.605. The molecule has 1 aliphatic carbocycles. The van der Waals surface area contributed by atoms with Gasteiger partial charge >= 0.3 is 0 Å². The van der Waals surface area contributed by atoms with Crippen LogP contribution in [0.4, 0.5) is 11.5 Å². The van der Waals surface area contributed by atoms with Gasteiger partial charge in [-0.15, -0.1) is 0 Å². The normalized spacial score (nSPS) is 13.4. The molecule has 0 unspecified atom stereocenters. The van der Waals surface area contributed by atoms with Gasteiger partial charge < -0.3 is 5.32 Å². The monoisotopic (exact) mass is 264 g/mol. The van der Waals surface area contributed by atoms with Crippen LogP contribution >= 0.6 is 0 Å². The van der Waals surface area contributed by atoms with Crippen LogP contribution < -0.4 is 5.32 Å². The fourth-order valence-corrected chi connectivity index (χ4v) is 2.54. The molecule has 0 radical (unpaired) electrons. The molecule has 4 heteroatoms. The molecule has 20 heavy (non-hydrogen) atoms. The third-order valence-corrected chi connectivity index (χ3v) is 3.71. The van der Waals surface area contributed by atoms with Crippen LogP contribution in [0.1, 0.15) is 35.2 Å². The van der Waals surface area contributed by atoms with Crippen molar-refractivity contribution in [3.8, 4) is 6.07 Å². The minimum atomic E-state index is 0.605. The highest BCUT2D eigenvalue weighted by atomic mass is 15.0. The van der Waals surface area contributed by atoms with E-state index in [0.29, 0.717) is 11.4 Å². The van der Waals surface area contributed by atoms with E-state index in [-0.39, 0.29) is 0 Å². The maximum Gasteiger partial charge on any atom is 0.148 e. The molecule has 2 aromatic heterocycles. The minimum Gasteiger partial charge on any atom is -0.338 e. The predicted octanol–water partition coefficient (Wildman–Crippen LogP) is 3.28. The third-order valence-electron chi connectivity index (χ3n) is 3.71. The standard InChI is InChI=1S/C16H16N4/c1-11-6-7-18-10-15(11)20-16-13(9-17)8-12-4-2-3-5-14(12)19-16/h6-8,10H,2-5H2,1H3,(H,19,20). The van der Waals surface area contributed by atoms with Gasteiger partial charge in [-0.2, -0.15) is 5.26 Å². The first kappa shape index (κ1) is 12.6. The Morgan fingerprint density at radius 3 is 2.95 bits per heavy atom. The zero-order valence-corrected chi connectivity index (χ0v) is 11.5. The molecule has 0 amide bonds. The first-order valence-electron chi connectivity index (χ1n) is 6.88. The molecule has 0 bridgehead atoms. The van der Waals surface area contributed by atoms with Gasteiger partial charge in [0.15, 0.2) is 0 Å². The average Bonchev–Trinajstić information content (AvgIpc) is 2.49. The molecular formula is C16H16N4. The van der Waals surface area contributed by atoms with Crippen LogP contribution in [0.25, 0.3) is 0 Å². The highest BCUT2D eigenvalue weighted by molar-refractivity contribution is 5.65. The summed E-state index contributed by atoms with van der Waals surface area (Å²) in [7, 11) is 0. The number of anilines is 2. The summed E-state index contributed by atoms with van der Waals surface area (Å²) in [6, 6.07) is 6.16. The van der Waals surface area contributed by atoms with E-state index in [1.54, 1.807) is 12.4 Å². The summed E-state index contributed by atoms with van der Waals surface area (Å²) in [6.07, 6.45) is 7.92. The molecule has 100 valence electrons. The number of aromatic nitrogens is 2. The fourth-order valence-electron chi connectivity index (χ4n) is 2.54. The Bertz CT molecular complexity index is 685. The largest absolute Gasteiger partial charge is 0.338 e. The van der Waals surface area contributed by atoms with Crippen molar-refractivity contribution >= 4 is 11.5 Å². The van der Waals surface area contributed by atoms with Crippen molar-refractivity contribution in [2.24, 2.45) is 0 Å². The molecule has 0 saturated heterocycles. The number of nitrogens with one attached hydrogen (secondary N) is 1. The Kier molecular flexibility index (Phi) is 3.34. The van der Waals surface area contributed by atoms with Gasteiger partial charge in [-0.3, -0.25) is 4.98 Å². The highest BCUT2D eigenvalue weighted by Gasteiger charge is 2.15. The Morgan fingerprint density at radius 2 is 2.15 bits per heavy atom. The Balaban J connectivity index is 2.01.